The first-order valence-corrected chi connectivity index (χ1v) is 9.68. The Labute approximate surface area is 193 Å². The molecule has 1 heterocycles. The molecule has 2 aromatic rings. The number of rotatable bonds is 6. The number of anilines is 1. The summed E-state index contributed by atoms with van der Waals surface area (Å²) in [6.45, 7) is 3.05. The first-order valence-electron chi connectivity index (χ1n) is 9.30. The number of hydrogen-bond donors (Lipinski definition) is 3. The van der Waals surface area contributed by atoms with Gasteiger partial charge >= 0.3 is 0 Å². The highest BCUT2D eigenvalue weighted by Crippen LogP contribution is 2.27. The van der Waals surface area contributed by atoms with E-state index in [1.54, 1.807) is 7.05 Å². The van der Waals surface area contributed by atoms with Crippen LogP contribution in [0.2, 0.25) is 5.02 Å². The lowest BCUT2D eigenvalue weighted by molar-refractivity contribution is -0.116. The summed E-state index contributed by atoms with van der Waals surface area (Å²) in [6.07, 6.45) is 1.25. The van der Waals surface area contributed by atoms with E-state index in [9.17, 15) is 4.79 Å². The number of carbonyl (C=O) groups excluding carboxylic acids is 1. The van der Waals surface area contributed by atoms with Crippen molar-refractivity contribution in [3.63, 3.8) is 0 Å². The van der Waals surface area contributed by atoms with E-state index in [0.717, 1.165) is 17.7 Å². The number of nitrogens with one attached hydrogen (secondary N) is 3. The number of guanidine groups is 1. The molecule has 29 heavy (non-hydrogen) atoms. The van der Waals surface area contributed by atoms with E-state index in [1.165, 1.54) is 5.56 Å². The van der Waals surface area contributed by atoms with Crippen LogP contribution in [0, 0.1) is 6.92 Å². The van der Waals surface area contributed by atoms with E-state index in [1.807, 2.05) is 43.3 Å². The van der Waals surface area contributed by atoms with Crippen molar-refractivity contribution < 1.29 is 9.53 Å². The predicted molar refractivity (Wildman–Crippen MR) is 129 cm³/mol. The van der Waals surface area contributed by atoms with Crippen molar-refractivity contribution in [3.05, 3.63) is 58.6 Å². The third kappa shape index (κ3) is 6.78. The quantitative estimate of drug-likeness (QED) is 0.303. The zero-order valence-corrected chi connectivity index (χ0v) is 19.6. The van der Waals surface area contributed by atoms with Crippen LogP contribution in [0.15, 0.2) is 47.5 Å². The summed E-state index contributed by atoms with van der Waals surface area (Å²) in [7, 11) is 1.70. The zero-order chi connectivity index (χ0) is 19.9. The number of fused-ring (bicyclic) bond motifs is 1. The molecule has 2 aromatic carbocycles. The molecule has 1 aliphatic heterocycles. The Morgan fingerprint density at radius 3 is 2.76 bits per heavy atom. The van der Waals surface area contributed by atoms with Crippen LogP contribution >= 0.6 is 35.6 Å². The van der Waals surface area contributed by atoms with Crippen molar-refractivity contribution in [2.75, 3.05) is 25.5 Å². The van der Waals surface area contributed by atoms with Crippen LogP contribution in [0.25, 0.3) is 0 Å². The number of para-hydroxylation sites is 1. The van der Waals surface area contributed by atoms with Crippen molar-refractivity contribution in [2.45, 2.75) is 25.9 Å². The van der Waals surface area contributed by atoms with Gasteiger partial charge in [0.05, 0.1) is 17.3 Å². The van der Waals surface area contributed by atoms with Gasteiger partial charge in [-0.3, -0.25) is 9.79 Å². The number of carbonyl (C=O) groups is 1. The lowest BCUT2D eigenvalue weighted by Gasteiger charge is -2.15. The summed E-state index contributed by atoms with van der Waals surface area (Å²) in [6, 6.07) is 13.6. The molecule has 0 radical (unpaired) electrons. The normalized spacial score (nSPS) is 15.0. The van der Waals surface area contributed by atoms with Crippen molar-refractivity contribution in [1.29, 1.82) is 0 Å². The molecule has 1 amide bonds. The largest absolute Gasteiger partial charge is 0.488 e. The van der Waals surface area contributed by atoms with Gasteiger partial charge in [-0.1, -0.05) is 35.9 Å². The van der Waals surface area contributed by atoms with E-state index in [0.29, 0.717) is 36.2 Å². The second-order valence-electron chi connectivity index (χ2n) is 6.71. The minimum absolute atomic E-state index is 0. The molecule has 0 fully saturated rings. The topological polar surface area (TPSA) is 74.8 Å². The van der Waals surface area contributed by atoms with Crippen molar-refractivity contribution >= 4 is 53.1 Å². The maximum absolute atomic E-state index is 12.1. The molecule has 1 unspecified atom stereocenters. The molecular formula is C21H26ClIN4O2. The molecule has 0 aromatic heterocycles. The molecule has 1 atom stereocenters. The zero-order valence-electron chi connectivity index (χ0n) is 16.5. The molecule has 3 N–H and O–H groups in total. The Hall–Kier alpha value is -2.00. The van der Waals surface area contributed by atoms with Gasteiger partial charge in [0.25, 0.3) is 0 Å². The molecule has 0 aliphatic carbocycles. The van der Waals surface area contributed by atoms with Crippen LogP contribution in [0.5, 0.6) is 5.75 Å². The second kappa shape index (κ2) is 11.3. The van der Waals surface area contributed by atoms with Gasteiger partial charge in [0.2, 0.25) is 5.91 Å². The number of aliphatic imine (C=N–C) groups is 1. The van der Waals surface area contributed by atoms with Gasteiger partial charge in [-0.25, -0.2) is 0 Å². The molecule has 0 bridgehead atoms. The molecule has 1 aliphatic rings. The SMILES string of the molecule is CN=C(NCCC(=O)Nc1ccc(C)cc1Cl)NCC1Cc2ccccc2O1.I. The molecule has 3 rings (SSSR count). The Morgan fingerprint density at radius 1 is 1.24 bits per heavy atom. The van der Waals surface area contributed by atoms with Gasteiger partial charge in [-0.15, -0.1) is 24.0 Å². The number of ether oxygens (including phenoxy) is 1. The van der Waals surface area contributed by atoms with Crippen molar-refractivity contribution in [3.8, 4) is 5.75 Å². The lowest BCUT2D eigenvalue weighted by atomic mass is 10.1. The molecule has 8 heteroatoms. The van der Waals surface area contributed by atoms with Crippen LogP contribution in [0.3, 0.4) is 0 Å². The monoisotopic (exact) mass is 528 g/mol. The molecule has 0 saturated heterocycles. The van der Waals surface area contributed by atoms with Gasteiger partial charge in [-0.2, -0.15) is 0 Å². The summed E-state index contributed by atoms with van der Waals surface area (Å²) < 4.78 is 5.91. The summed E-state index contributed by atoms with van der Waals surface area (Å²) in [4.78, 5) is 16.3. The maximum atomic E-state index is 12.1. The van der Waals surface area contributed by atoms with E-state index >= 15 is 0 Å². The summed E-state index contributed by atoms with van der Waals surface area (Å²) in [5.41, 5.74) is 2.90. The number of nitrogens with zero attached hydrogens (tertiary/aromatic N) is 1. The third-order valence-electron chi connectivity index (χ3n) is 4.48. The van der Waals surface area contributed by atoms with Gasteiger partial charge in [0.1, 0.15) is 11.9 Å². The number of halogens is 2. The highest BCUT2D eigenvalue weighted by molar-refractivity contribution is 14.0. The van der Waals surface area contributed by atoms with Gasteiger partial charge in [0.15, 0.2) is 5.96 Å². The van der Waals surface area contributed by atoms with Crippen LogP contribution in [0.4, 0.5) is 5.69 Å². The first-order chi connectivity index (χ1) is 13.5. The Morgan fingerprint density at radius 2 is 2.03 bits per heavy atom. The van der Waals surface area contributed by atoms with E-state index in [2.05, 4.69) is 27.0 Å². The Kier molecular flexibility index (Phi) is 9.03. The summed E-state index contributed by atoms with van der Waals surface area (Å²) in [5, 5.41) is 9.75. The fourth-order valence-corrected chi connectivity index (χ4v) is 3.31. The van der Waals surface area contributed by atoms with Crippen LogP contribution in [0.1, 0.15) is 17.5 Å². The van der Waals surface area contributed by atoms with Gasteiger partial charge < -0.3 is 20.7 Å². The molecule has 156 valence electrons. The summed E-state index contributed by atoms with van der Waals surface area (Å²) >= 11 is 6.15. The van der Waals surface area contributed by atoms with Crippen molar-refractivity contribution in [2.24, 2.45) is 4.99 Å². The fourth-order valence-electron chi connectivity index (χ4n) is 3.03. The average molecular weight is 529 g/mol. The summed E-state index contributed by atoms with van der Waals surface area (Å²) in [5.74, 6) is 1.48. The minimum atomic E-state index is -0.108. The number of amides is 1. The van der Waals surface area contributed by atoms with Gasteiger partial charge in [0, 0.05) is 26.4 Å². The standard InChI is InChI=1S/C21H25ClN4O2.HI/c1-14-7-8-18(17(22)11-14)26-20(27)9-10-24-21(23-2)25-13-16-12-15-5-3-4-6-19(15)28-16;/h3-8,11,16H,9-10,12-13H2,1-2H3,(H,26,27)(H2,23,24,25);1H. The highest BCUT2D eigenvalue weighted by atomic mass is 127. The second-order valence-corrected chi connectivity index (χ2v) is 7.12. The molecule has 0 spiro atoms. The Bertz CT molecular complexity index is 851. The van der Waals surface area contributed by atoms with E-state index in [-0.39, 0.29) is 36.0 Å². The maximum Gasteiger partial charge on any atom is 0.226 e. The Balaban J connectivity index is 0.00000300. The van der Waals surface area contributed by atoms with Crippen molar-refractivity contribution in [1.82, 2.24) is 10.6 Å². The molecular weight excluding hydrogens is 503 g/mol. The smallest absolute Gasteiger partial charge is 0.226 e. The van der Waals surface area contributed by atoms with Crippen LogP contribution in [-0.2, 0) is 11.2 Å². The lowest BCUT2D eigenvalue weighted by Crippen LogP contribution is -2.43. The molecule has 6 nitrogen and oxygen atoms in total. The van der Waals surface area contributed by atoms with E-state index < -0.39 is 0 Å². The van der Waals surface area contributed by atoms with Crippen LogP contribution < -0.4 is 20.7 Å². The number of benzene rings is 2. The third-order valence-corrected chi connectivity index (χ3v) is 4.79. The first kappa shape index (κ1) is 23.3. The van der Waals surface area contributed by atoms with E-state index in [4.69, 9.17) is 16.3 Å². The predicted octanol–water partition coefficient (Wildman–Crippen LogP) is 3.76. The average Bonchev–Trinajstić information content (AvgIpc) is 3.09. The van der Waals surface area contributed by atoms with Crippen LogP contribution in [-0.4, -0.2) is 38.1 Å². The molecule has 0 saturated carbocycles. The number of hydrogen-bond acceptors (Lipinski definition) is 3. The highest BCUT2D eigenvalue weighted by Gasteiger charge is 2.22. The minimum Gasteiger partial charge on any atom is -0.488 e. The van der Waals surface area contributed by atoms with Gasteiger partial charge in [-0.05, 0) is 36.2 Å². The fraction of sp³-hybridized carbons (Fsp3) is 0.333. The number of aryl methyl sites for hydroxylation is 1.